The highest BCUT2D eigenvalue weighted by Gasteiger charge is 2.27. The highest BCUT2D eigenvalue weighted by Crippen LogP contribution is 2.42. The predicted octanol–water partition coefficient (Wildman–Crippen LogP) is 6.38. The molecule has 0 aliphatic rings. The topological polar surface area (TPSA) is 119 Å². The fourth-order valence-electron chi connectivity index (χ4n) is 4.58. The van der Waals surface area contributed by atoms with Gasteiger partial charge in [-0.15, -0.1) is 11.3 Å². The normalized spacial score (nSPS) is 10.9. The number of aromatic nitrogens is 2. The van der Waals surface area contributed by atoms with Gasteiger partial charge in [0.2, 0.25) is 0 Å². The summed E-state index contributed by atoms with van der Waals surface area (Å²) < 4.78 is 5.36. The van der Waals surface area contributed by atoms with Crippen LogP contribution in [0.3, 0.4) is 0 Å². The number of rotatable bonds is 6. The Kier molecular flexibility index (Phi) is 7.00. The van der Waals surface area contributed by atoms with Crippen LogP contribution in [0.2, 0.25) is 0 Å². The van der Waals surface area contributed by atoms with Gasteiger partial charge in [0.1, 0.15) is 15.5 Å². The number of para-hydroxylation sites is 2. The number of pyridine rings is 2. The van der Waals surface area contributed by atoms with Gasteiger partial charge in [-0.3, -0.25) is 14.6 Å². The summed E-state index contributed by atoms with van der Waals surface area (Å²) in [5.74, 6) is -0.185. The second-order valence-electron chi connectivity index (χ2n) is 9.14. The molecular formula is C30H27N5O3S. The Bertz CT molecular complexity index is 1730. The lowest BCUT2D eigenvalue weighted by atomic mass is 9.95. The van der Waals surface area contributed by atoms with E-state index in [-0.39, 0.29) is 11.6 Å². The van der Waals surface area contributed by atoms with Crippen LogP contribution in [0.15, 0.2) is 67.0 Å². The summed E-state index contributed by atoms with van der Waals surface area (Å²) in [5, 5.41) is 6.45. The van der Waals surface area contributed by atoms with Crippen LogP contribution in [0, 0.1) is 20.8 Å². The van der Waals surface area contributed by atoms with Crippen molar-refractivity contribution in [3.63, 3.8) is 0 Å². The number of benzene rings is 2. The molecule has 5 rings (SSSR count). The Morgan fingerprint density at radius 1 is 0.949 bits per heavy atom. The van der Waals surface area contributed by atoms with E-state index in [4.69, 9.17) is 15.5 Å². The third-order valence-electron chi connectivity index (χ3n) is 6.43. The molecular weight excluding hydrogens is 510 g/mol. The van der Waals surface area contributed by atoms with E-state index in [9.17, 15) is 9.59 Å². The summed E-state index contributed by atoms with van der Waals surface area (Å²) in [7, 11) is 1.54. The molecule has 0 saturated heterocycles. The first-order chi connectivity index (χ1) is 18.8. The first kappa shape index (κ1) is 25.9. The van der Waals surface area contributed by atoms with E-state index in [1.165, 1.54) is 18.4 Å². The summed E-state index contributed by atoms with van der Waals surface area (Å²) in [4.78, 5) is 37.0. The van der Waals surface area contributed by atoms with E-state index in [1.807, 2.05) is 44.2 Å². The average Bonchev–Trinajstić information content (AvgIpc) is 3.25. The maximum absolute atomic E-state index is 13.8. The zero-order chi connectivity index (χ0) is 27.7. The number of carbonyl (C=O) groups is 2. The Labute approximate surface area is 229 Å². The molecule has 39 heavy (non-hydrogen) atoms. The largest absolute Gasteiger partial charge is 0.495 e. The first-order valence-corrected chi connectivity index (χ1v) is 13.1. The Balaban J connectivity index is 1.66. The molecule has 8 nitrogen and oxygen atoms in total. The molecule has 3 heterocycles. The van der Waals surface area contributed by atoms with Crippen LogP contribution in [-0.4, -0.2) is 28.9 Å². The predicted molar refractivity (Wildman–Crippen MR) is 157 cm³/mol. The number of nitrogens with zero attached hydrogens (tertiary/aromatic N) is 2. The van der Waals surface area contributed by atoms with Crippen LogP contribution in [0.5, 0.6) is 5.75 Å². The number of thiophene rings is 1. The molecule has 5 aromatic rings. The number of carbonyl (C=O) groups excluding carboxylic acids is 2. The number of methoxy groups -OCH3 is 1. The maximum atomic E-state index is 13.8. The van der Waals surface area contributed by atoms with Gasteiger partial charge in [0.15, 0.2) is 0 Å². The minimum absolute atomic E-state index is 0.245. The Hall–Kier alpha value is -4.76. The van der Waals surface area contributed by atoms with Crippen molar-refractivity contribution in [2.75, 3.05) is 23.5 Å². The van der Waals surface area contributed by atoms with Crippen molar-refractivity contribution in [2.24, 2.45) is 0 Å². The van der Waals surface area contributed by atoms with Gasteiger partial charge in [0.05, 0.1) is 29.7 Å². The molecule has 0 aliphatic heterocycles. The third kappa shape index (κ3) is 4.92. The third-order valence-corrected chi connectivity index (χ3v) is 7.52. The molecule has 2 aromatic carbocycles. The van der Waals surface area contributed by atoms with Crippen LogP contribution < -0.4 is 21.1 Å². The summed E-state index contributed by atoms with van der Waals surface area (Å²) in [6.07, 6.45) is 3.33. The summed E-state index contributed by atoms with van der Waals surface area (Å²) in [6.45, 7) is 5.73. The Morgan fingerprint density at radius 3 is 2.44 bits per heavy atom. The van der Waals surface area contributed by atoms with E-state index >= 15 is 0 Å². The number of ether oxygens (including phenoxy) is 1. The standard InChI is InChI=1S/C30H27N5O3S/c1-16-11-12-20(17(2)14-16)34-28(36)23-18(3)33-30-25(24(23)19-8-7-13-32-15-19)26(31)27(39-30)29(37)35-21-9-5-6-10-22(21)38-4/h5-15H,31H2,1-4H3,(H,34,36)(H,35,37). The number of hydrogen-bond acceptors (Lipinski definition) is 7. The fraction of sp³-hybridized carbons (Fsp3) is 0.133. The molecule has 2 amide bonds. The van der Waals surface area contributed by atoms with Crippen LogP contribution in [-0.2, 0) is 0 Å². The van der Waals surface area contributed by atoms with Crippen molar-refractivity contribution in [1.29, 1.82) is 0 Å². The number of amides is 2. The molecule has 0 unspecified atom stereocenters. The van der Waals surface area contributed by atoms with Gasteiger partial charge < -0.3 is 21.1 Å². The van der Waals surface area contributed by atoms with Gasteiger partial charge >= 0.3 is 0 Å². The smallest absolute Gasteiger partial charge is 0.268 e. The molecule has 196 valence electrons. The number of hydrogen-bond donors (Lipinski definition) is 3. The second kappa shape index (κ2) is 10.5. The van der Waals surface area contributed by atoms with Crippen molar-refractivity contribution in [3.05, 3.63) is 94.3 Å². The zero-order valence-corrected chi connectivity index (χ0v) is 22.8. The molecule has 0 spiro atoms. The first-order valence-electron chi connectivity index (χ1n) is 12.2. The molecule has 4 N–H and O–H groups in total. The summed E-state index contributed by atoms with van der Waals surface area (Å²) in [6, 6.07) is 16.6. The minimum Gasteiger partial charge on any atom is -0.495 e. The van der Waals surface area contributed by atoms with Crippen molar-refractivity contribution < 1.29 is 14.3 Å². The zero-order valence-electron chi connectivity index (χ0n) is 22.0. The average molecular weight is 538 g/mol. The molecule has 0 bridgehead atoms. The molecule has 0 aliphatic carbocycles. The maximum Gasteiger partial charge on any atom is 0.268 e. The van der Waals surface area contributed by atoms with Gasteiger partial charge in [-0.2, -0.15) is 0 Å². The molecule has 0 saturated carbocycles. The highest BCUT2D eigenvalue weighted by atomic mass is 32.1. The van der Waals surface area contributed by atoms with E-state index in [0.29, 0.717) is 54.6 Å². The molecule has 9 heteroatoms. The number of anilines is 3. The van der Waals surface area contributed by atoms with E-state index in [0.717, 1.165) is 11.1 Å². The molecule has 0 fully saturated rings. The number of nitrogen functional groups attached to an aromatic ring is 1. The number of aryl methyl sites for hydroxylation is 3. The van der Waals surface area contributed by atoms with Crippen LogP contribution >= 0.6 is 11.3 Å². The second-order valence-corrected chi connectivity index (χ2v) is 10.1. The minimum atomic E-state index is -0.393. The van der Waals surface area contributed by atoms with Crippen LogP contribution in [0.4, 0.5) is 17.1 Å². The molecule has 0 atom stereocenters. The SMILES string of the molecule is COc1ccccc1NC(=O)c1sc2nc(C)c(C(=O)Nc3ccc(C)cc3C)c(-c3cccnc3)c2c1N. The summed E-state index contributed by atoms with van der Waals surface area (Å²) >= 11 is 1.18. The number of nitrogens with one attached hydrogen (secondary N) is 2. The highest BCUT2D eigenvalue weighted by molar-refractivity contribution is 7.21. The van der Waals surface area contributed by atoms with Gasteiger partial charge in [-0.1, -0.05) is 35.9 Å². The number of fused-ring (bicyclic) bond motifs is 1. The lowest BCUT2D eigenvalue weighted by Crippen LogP contribution is -2.17. The van der Waals surface area contributed by atoms with Gasteiger partial charge in [-0.25, -0.2) is 4.98 Å². The fourth-order valence-corrected chi connectivity index (χ4v) is 5.62. The van der Waals surface area contributed by atoms with Crippen molar-refractivity contribution in [3.8, 4) is 16.9 Å². The number of nitrogens with two attached hydrogens (primary N) is 1. The Morgan fingerprint density at radius 2 is 1.72 bits per heavy atom. The van der Waals surface area contributed by atoms with E-state index < -0.39 is 5.91 Å². The van der Waals surface area contributed by atoms with Crippen LogP contribution in [0.25, 0.3) is 21.3 Å². The lowest BCUT2D eigenvalue weighted by molar-refractivity contribution is 0.102. The van der Waals surface area contributed by atoms with Crippen molar-refractivity contribution in [1.82, 2.24) is 9.97 Å². The molecule has 3 aromatic heterocycles. The van der Waals surface area contributed by atoms with E-state index in [2.05, 4.69) is 15.6 Å². The summed E-state index contributed by atoms with van der Waals surface area (Å²) in [5.41, 5.74) is 12.3. The molecule has 0 radical (unpaired) electrons. The van der Waals surface area contributed by atoms with E-state index in [1.54, 1.807) is 43.6 Å². The quantitative estimate of drug-likeness (QED) is 0.231. The lowest BCUT2D eigenvalue weighted by Gasteiger charge is -2.16. The van der Waals surface area contributed by atoms with Crippen molar-refractivity contribution >= 4 is 50.4 Å². The van der Waals surface area contributed by atoms with Gasteiger partial charge in [0.25, 0.3) is 11.8 Å². The van der Waals surface area contributed by atoms with Gasteiger partial charge in [-0.05, 0) is 50.6 Å². The van der Waals surface area contributed by atoms with Crippen molar-refractivity contribution in [2.45, 2.75) is 20.8 Å². The monoisotopic (exact) mass is 537 g/mol. The van der Waals surface area contributed by atoms with Gasteiger partial charge in [0, 0.05) is 34.6 Å². The van der Waals surface area contributed by atoms with Crippen LogP contribution in [0.1, 0.15) is 36.9 Å².